The average molecular weight is 342 g/mol. The number of carbonyl (C=O) groups is 1. The molecule has 3 heterocycles. The molecule has 0 spiro atoms. The van der Waals surface area contributed by atoms with Crippen molar-refractivity contribution in [3.63, 3.8) is 0 Å². The molecular formula is C18H22N4O3. The number of hydrogen-bond acceptors (Lipinski definition) is 7. The zero-order chi connectivity index (χ0) is 17.6. The van der Waals surface area contributed by atoms with Crippen LogP contribution >= 0.6 is 0 Å². The molecule has 7 heteroatoms. The van der Waals surface area contributed by atoms with Gasteiger partial charge in [-0.3, -0.25) is 0 Å². The number of piperazine rings is 1. The Balaban J connectivity index is 1.71. The van der Waals surface area contributed by atoms with E-state index in [0.29, 0.717) is 18.0 Å². The fourth-order valence-corrected chi connectivity index (χ4v) is 2.86. The molecule has 0 amide bonds. The largest absolute Gasteiger partial charge is 0.497 e. The van der Waals surface area contributed by atoms with Crippen molar-refractivity contribution in [2.75, 3.05) is 49.7 Å². The third-order valence-electron chi connectivity index (χ3n) is 4.14. The molecule has 1 fully saturated rings. The van der Waals surface area contributed by atoms with Crippen molar-refractivity contribution in [2.45, 2.75) is 6.92 Å². The lowest BCUT2D eigenvalue weighted by molar-refractivity contribution is 0.0526. The number of ether oxygens (including phenoxy) is 2. The molecule has 2 aromatic rings. The number of pyridine rings is 2. The van der Waals surface area contributed by atoms with E-state index in [2.05, 4.69) is 19.8 Å². The van der Waals surface area contributed by atoms with Crippen LogP contribution in [0.4, 0.5) is 11.6 Å². The van der Waals surface area contributed by atoms with Gasteiger partial charge in [0, 0.05) is 44.6 Å². The van der Waals surface area contributed by atoms with Crippen LogP contribution in [-0.4, -0.2) is 55.8 Å². The normalized spacial score (nSPS) is 14.3. The lowest BCUT2D eigenvalue weighted by Gasteiger charge is -2.36. The van der Waals surface area contributed by atoms with Crippen LogP contribution in [0.25, 0.3) is 0 Å². The molecule has 1 saturated heterocycles. The molecule has 0 aliphatic carbocycles. The maximum Gasteiger partial charge on any atom is 0.341 e. The van der Waals surface area contributed by atoms with Crippen molar-refractivity contribution in [1.29, 1.82) is 0 Å². The maximum atomic E-state index is 12.1. The van der Waals surface area contributed by atoms with Crippen LogP contribution in [0.15, 0.2) is 36.7 Å². The number of aromatic nitrogens is 2. The van der Waals surface area contributed by atoms with E-state index in [1.165, 1.54) is 0 Å². The second kappa shape index (κ2) is 7.83. The quantitative estimate of drug-likeness (QED) is 0.770. The van der Waals surface area contributed by atoms with Gasteiger partial charge in [-0.15, -0.1) is 0 Å². The van der Waals surface area contributed by atoms with Gasteiger partial charge in [0.05, 0.1) is 13.7 Å². The van der Waals surface area contributed by atoms with Crippen LogP contribution in [0, 0.1) is 0 Å². The number of methoxy groups -OCH3 is 1. The second-order valence-electron chi connectivity index (χ2n) is 5.62. The molecule has 0 bridgehead atoms. The Morgan fingerprint density at radius 3 is 2.60 bits per heavy atom. The Labute approximate surface area is 147 Å². The highest BCUT2D eigenvalue weighted by atomic mass is 16.5. The molecule has 0 aromatic carbocycles. The summed E-state index contributed by atoms with van der Waals surface area (Å²) in [6, 6.07) is 7.28. The van der Waals surface area contributed by atoms with Crippen molar-refractivity contribution < 1.29 is 14.3 Å². The van der Waals surface area contributed by atoms with E-state index < -0.39 is 0 Å². The Morgan fingerprint density at radius 1 is 1.12 bits per heavy atom. The fourth-order valence-electron chi connectivity index (χ4n) is 2.86. The first-order chi connectivity index (χ1) is 12.2. The summed E-state index contributed by atoms with van der Waals surface area (Å²) in [7, 11) is 1.65. The summed E-state index contributed by atoms with van der Waals surface area (Å²) in [5.41, 5.74) is 0.511. The molecule has 1 aliphatic rings. The van der Waals surface area contributed by atoms with Crippen LogP contribution in [0.5, 0.6) is 5.75 Å². The third-order valence-corrected chi connectivity index (χ3v) is 4.14. The highest BCUT2D eigenvalue weighted by Crippen LogP contribution is 2.23. The van der Waals surface area contributed by atoms with E-state index in [1.54, 1.807) is 38.6 Å². The van der Waals surface area contributed by atoms with Crippen LogP contribution < -0.4 is 14.5 Å². The van der Waals surface area contributed by atoms with Gasteiger partial charge >= 0.3 is 5.97 Å². The predicted octanol–water partition coefficient (Wildman–Crippen LogP) is 1.99. The Morgan fingerprint density at radius 2 is 1.88 bits per heavy atom. The van der Waals surface area contributed by atoms with Gasteiger partial charge in [0.25, 0.3) is 0 Å². The van der Waals surface area contributed by atoms with E-state index in [4.69, 9.17) is 9.47 Å². The zero-order valence-electron chi connectivity index (χ0n) is 14.5. The molecule has 132 valence electrons. The van der Waals surface area contributed by atoms with Crippen molar-refractivity contribution >= 4 is 17.6 Å². The van der Waals surface area contributed by atoms with E-state index >= 15 is 0 Å². The first-order valence-corrected chi connectivity index (χ1v) is 8.35. The van der Waals surface area contributed by atoms with E-state index in [0.717, 1.165) is 37.7 Å². The SMILES string of the molecule is CCOC(=O)c1cccnc1N1CCN(c2cc(OC)ccn2)CC1. The number of nitrogens with zero attached hydrogens (tertiary/aromatic N) is 4. The molecule has 0 radical (unpaired) electrons. The van der Waals surface area contributed by atoms with Crippen LogP contribution in [0.2, 0.25) is 0 Å². The molecule has 0 atom stereocenters. The van der Waals surface area contributed by atoms with Gasteiger partial charge in [-0.1, -0.05) is 0 Å². The van der Waals surface area contributed by atoms with Crippen LogP contribution in [-0.2, 0) is 4.74 Å². The monoisotopic (exact) mass is 342 g/mol. The van der Waals surface area contributed by atoms with Gasteiger partial charge in [-0.25, -0.2) is 14.8 Å². The lowest BCUT2D eigenvalue weighted by Crippen LogP contribution is -2.47. The van der Waals surface area contributed by atoms with Gasteiger partial charge in [0.15, 0.2) is 0 Å². The van der Waals surface area contributed by atoms with Crippen LogP contribution in [0.3, 0.4) is 0 Å². The molecular weight excluding hydrogens is 320 g/mol. The van der Waals surface area contributed by atoms with Gasteiger partial charge in [-0.05, 0) is 25.1 Å². The van der Waals surface area contributed by atoms with E-state index in [-0.39, 0.29) is 5.97 Å². The summed E-state index contributed by atoms with van der Waals surface area (Å²) in [5, 5.41) is 0. The lowest BCUT2D eigenvalue weighted by atomic mass is 10.2. The summed E-state index contributed by atoms with van der Waals surface area (Å²) >= 11 is 0. The third kappa shape index (κ3) is 3.81. The van der Waals surface area contributed by atoms with E-state index in [9.17, 15) is 4.79 Å². The molecule has 3 rings (SSSR count). The number of hydrogen-bond donors (Lipinski definition) is 0. The van der Waals surface area contributed by atoms with Crippen molar-refractivity contribution in [3.05, 3.63) is 42.2 Å². The number of carbonyl (C=O) groups excluding carboxylic acids is 1. The summed E-state index contributed by atoms with van der Waals surface area (Å²) < 4.78 is 10.4. The molecule has 1 aliphatic heterocycles. The summed E-state index contributed by atoms with van der Waals surface area (Å²) in [6.45, 7) is 5.24. The molecule has 0 N–H and O–H groups in total. The molecule has 7 nitrogen and oxygen atoms in total. The molecule has 25 heavy (non-hydrogen) atoms. The standard InChI is InChI=1S/C18H22N4O3/c1-3-25-18(23)15-5-4-7-20-17(15)22-11-9-21(10-12-22)16-13-14(24-2)6-8-19-16/h4-8,13H,3,9-12H2,1-2H3. The number of anilines is 2. The van der Waals surface area contributed by atoms with E-state index in [1.807, 2.05) is 12.1 Å². The van der Waals surface area contributed by atoms with Gasteiger partial charge in [0.1, 0.15) is 22.9 Å². The minimum Gasteiger partial charge on any atom is -0.497 e. The minimum absolute atomic E-state index is 0.331. The first kappa shape index (κ1) is 17.0. The summed E-state index contributed by atoms with van der Waals surface area (Å²) in [5.74, 6) is 2.04. The molecule has 2 aromatic heterocycles. The number of esters is 1. The molecule has 0 unspecified atom stereocenters. The predicted molar refractivity (Wildman–Crippen MR) is 95.4 cm³/mol. The Kier molecular flexibility index (Phi) is 5.33. The van der Waals surface area contributed by atoms with Gasteiger partial charge in [-0.2, -0.15) is 0 Å². The maximum absolute atomic E-state index is 12.1. The van der Waals surface area contributed by atoms with Crippen molar-refractivity contribution in [2.24, 2.45) is 0 Å². The Bertz CT molecular complexity index is 730. The van der Waals surface area contributed by atoms with Crippen LogP contribution in [0.1, 0.15) is 17.3 Å². The van der Waals surface area contributed by atoms with Gasteiger partial charge in [0.2, 0.25) is 0 Å². The summed E-state index contributed by atoms with van der Waals surface area (Å²) in [6.07, 6.45) is 3.45. The average Bonchev–Trinajstić information content (AvgIpc) is 2.68. The smallest absolute Gasteiger partial charge is 0.341 e. The van der Waals surface area contributed by atoms with Gasteiger partial charge < -0.3 is 19.3 Å². The molecule has 0 saturated carbocycles. The highest BCUT2D eigenvalue weighted by Gasteiger charge is 2.23. The number of rotatable bonds is 5. The summed E-state index contributed by atoms with van der Waals surface area (Å²) in [4.78, 5) is 25.3. The minimum atomic E-state index is -0.331. The Hall–Kier alpha value is -2.83. The topological polar surface area (TPSA) is 67.8 Å². The zero-order valence-corrected chi connectivity index (χ0v) is 14.5. The van der Waals surface area contributed by atoms with Crippen molar-refractivity contribution in [1.82, 2.24) is 9.97 Å². The first-order valence-electron chi connectivity index (χ1n) is 8.35. The van der Waals surface area contributed by atoms with Crippen molar-refractivity contribution in [3.8, 4) is 5.75 Å². The fraction of sp³-hybridized carbons (Fsp3) is 0.389. The second-order valence-corrected chi connectivity index (χ2v) is 5.62. The highest BCUT2D eigenvalue weighted by molar-refractivity contribution is 5.94.